The fourth-order valence-corrected chi connectivity index (χ4v) is 1.40. The Bertz CT molecular complexity index is 147. The first-order valence-electron chi connectivity index (χ1n) is 6.16. The van der Waals surface area contributed by atoms with E-state index in [-0.39, 0.29) is 0 Å². The van der Waals surface area contributed by atoms with Gasteiger partial charge in [-0.25, -0.2) is 0 Å². The quantitative estimate of drug-likeness (QED) is 0.402. The van der Waals surface area contributed by atoms with Crippen LogP contribution >= 0.6 is 0 Å². The molecule has 0 aliphatic rings. The molecule has 0 aliphatic carbocycles. The van der Waals surface area contributed by atoms with Crippen molar-refractivity contribution in [2.75, 3.05) is 6.54 Å². The van der Waals surface area contributed by atoms with Crippen LogP contribution in [-0.4, -0.2) is 12.3 Å². The molecule has 84 valence electrons. The van der Waals surface area contributed by atoms with E-state index in [1.807, 2.05) is 0 Å². The Balaban J connectivity index is 3.14. The Morgan fingerprint density at radius 3 is 2.29 bits per heavy atom. The minimum Gasteiger partial charge on any atom is -0.294 e. The summed E-state index contributed by atoms with van der Waals surface area (Å²) < 4.78 is 0. The summed E-state index contributed by atoms with van der Waals surface area (Å²) in [4.78, 5) is 4.49. The standard InChI is InChI=1S/C13H27N/c1-5-13(4)14-11-9-7-6-8-10-12(2)3/h12H,5-11H2,1-4H3/b14-13+. The molecule has 0 unspecified atom stereocenters. The Labute approximate surface area is 90.0 Å². The van der Waals surface area contributed by atoms with Crippen molar-refractivity contribution in [2.24, 2.45) is 10.9 Å². The molecule has 0 heterocycles. The second-order valence-corrected chi connectivity index (χ2v) is 4.57. The maximum absolute atomic E-state index is 4.49. The molecule has 1 nitrogen and oxygen atoms in total. The molecule has 0 amide bonds. The second-order valence-electron chi connectivity index (χ2n) is 4.57. The SMILES string of the molecule is CC/C(C)=N/CCCCCCC(C)C. The van der Waals surface area contributed by atoms with Crippen molar-refractivity contribution in [3.05, 3.63) is 0 Å². The molecule has 14 heavy (non-hydrogen) atoms. The van der Waals surface area contributed by atoms with E-state index >= 15 is 0 Å². The van der Waals surface area contributed by atoms with E-state index in [2.05, 4.69) is 32.7 Å². The van der Waals surface area contributed by atoms with Gasteiger partial charge in [-0.3, -0.25) is 4.99 Å². The van der Waals surface area contributed by atoms with Crippen LogP contribution in [0.1, 0.15) is 66.2 Å². The highest BCUT2D eigenvalue weighted by Crippen LogP contribution is 2.09. The lowest BCUT2D eigenvalue weighted by Gasteiger charge is -2.03. The number of unbranched alkanes of at least 4 members (excludes halogenated alkanes) is 3. The number of rotatable bonds is 8. The van der Waals surface area contributed by atoms with Gasteiger partial charge < -0.3 is 0 Å². The maximum Gasteiger partial charge on any atom is 0.0388 e. The van der Waals surface area contributed by atoms with Gasteiger partial charge in [0.15, 0.2) is 0 Å². The monoisotopic (exact) mass is 197 g/mol. The topological polar surface area (TPSA) is 12.4 Å². The van der Waals surface area contributed by atoms with E-state index in [9.17, 15) is 0 Å². The summed E-state index contributed by atoms with van der Waals surface area (Å²) in [6, 6.07) is 0. The van der Waals surface area contributed by atoms with Gasteiger partial charge in [-0.05, 0) is 25.7 Å². The first kappa shape index (κ1) is 13.7. The van der Waals surface area contributed by atoms with Crippen LogP contribution in [0.25, 0.3) is 0 Å². The molecule has 0 saturated heterocycles. The van der Waals surface area contributed by atoms with Crippen LogP contribution in [0.3, 0.4) is 0 Å². The van der Waals surface area contributed by atoms with E-state index < -0.39 is 0 Å². The lowest BCUT2D eigenvalue weighted by molar-refractivity contribution is 0.521. The predicted molar refractivity (Wildman–Crippen MR) is 66.2 cm³/mol. The summed E-state index contributed by atoms with van der Waals surface area (Å²) in [6.07, 6.45) is 7.90. The molecule has 0 aromatic heterocycles. The molecule has 0 radical (unpaired) electrons. The molecule has 0 spiro atoms. The maximum atomic E-state index is 4.49. The van der Waals surface area contributed by atoms with Crippen molar-refractivity contribution in [1.82, 2.24) is 0 Å². The second kappa shape index (κ2) is 9.23. The molecule has 1 heteroatoms. The summed E-state index contributed by atoms with van der Waals surface area (Å²) in [7, 11) is 0. The highest BCUT2D eigenvalue weighted by molar-refractivity contribution is 5.81. The summed E-state index contributed by atoms with van der Waals surface area (Å²) >= 11 is 0. The van der Waals surface area contributed by atoms with Crippen LogP contribution in [-0.2, 0) is 0 Å². The predicted octanol–water partition coefficient (Wildman–Crippen LogP) is 4.46. The summed E-state index contributed by atoms with van der Waals surface area (Å²) in [5.74, 6) is 0.871. The minimum atomic E-state index is 0.871. The van der Waals surface area contributed by atoms with Gasteiger partial charge in [-0.1, -0.05) is 46.5 Å². The largest absolute Gasteiger partial charge is 0.294 e. The highest BCUT2D eigenvalue weighted by atomic mass is 14.7. The molecular formula is C13H27N. The van der Waals surface area contributed by atoms with Gasteiger partial charge in [-0.2, -0.15) is 0 Å². The van der Waals surface area contributed by atoms with E-state index in [1.54, 1.807) is 0 Å². The third-order valence-corrected chi connectivity index (χ3v) is 2.58. The fraction of sp³-hybridized carbons (Fsp3) is 0.923. The zero-order chi connectivity index (χ0) is 10.8. The summed E-state index contributed by atoms with van der Waals surface area (Å²) in [5.41, 5.74) is 1.30. The zero-order valence-corrected chi connectivity index (χ0v) is 10.5. The van der Waals surface area contributed by atoms with Gasteiger partial charge >= 0.3 is 0 Å². The van der Waals surface area contributed by atoms with Crippen LogP contribution < -0.4 is 0 Å². The van der Waals surface area contributed by atoms with E-state index in [0.717, 1.165) is 18.9 Å². The van der Waals surface area contributed by atoms with Crippen LogP contribution in [0, 0.1) is 5.92 Å². The van der Waals surface area contributed by atoms with Gasteiger partial charge in [0.1, 0.15) is 0 Å². The molecule has 0 bridgehead atoms. The smallest absolute Gasteiger partial charge is 0.0388 e. The molecule has 0 aromatic rings. The van der Waals surface area contributed by atoms with E-state index in [0.29, 0.717) is 0 Å². The Morgan fingerprint density at radius 1 is 1.07 bits per heavy atom. The third-order valence-electron chi connectivity index (χ3n) is 2.58. The van der Waals surface area contributed by atoms with Gasteiger partial charge in [0, 0.05) is 12.3 Å². The molecule has 0 fully saturated rings. The van der Waals surface area contributed by atoms with Gasteiger partial charge in [0.2, 0.25) is 0 Å². The number of nitrogens with zero attached hydrogens (tertiary/aromatic N) is 1. The minimum absolute atomic E-state index is 0.871. The van der Waals surface area contributed by atoms with E-state index in [1.165, 1.54) is 37.8 Å². The first-order chi connectivity index (χ1) is 6.66. The fourth-order valence-electron chi connectivity index (χ4n) is 1.40. The van der Waals surface area contributed by atoms with E-state index in [4.69, 9.17) is 0 Å². The summed E-state index contributed by atoms with van der Waals surface area (Å²) in [6.45, 7) is 9.94. The van der Waals surface area contributed by atoms with Crippen LogP contribution in [0.15, 0.2) is 4.99 Å². The van der Waals surface area contributed by atoms with Crippen molar-refractivity contribution in [2.45, 2.75) is 66.2 Å². The number of hydrogen-bond acceptors (Lipinski definition) is 1. The molecule has 0 atom stereocenters. The Morgan fingerprint density at radius 2 is 1.71 bits per heavy atom. The first-order valence-corrected chi connectivity index (χ1v) is 6.16. The Kier molecular flexibility index (Phi) is 9.02. The molecule has 0 aliphatic heterocycles. The molecule has 0 saturated carbocycles. The average Bonchev–Trinajstić information content (AvgIpc) is 2.15. The lowest BCUT2D eigenvalue weighted by Crippen LogP contribution is -1.92. The molecular weight excluding hydrogens is 170 g/mol. The molecule has 0 N–H and O–H groups in total. The van der Waals surface area contributed by atoms with Gasteiger partial charge in [0.05, 0.1) is 0 Å². The number of hydrogen-bond donors (Lipinski definition) is 0. The zero-order valence-electron chi connectivity index (χ0n) is 10.5. The highest BCUT2D eigenvalue weighted by Gasteiger charge is 1.94. The lowest BCUT2D eigenvalue weighted by atomic mass is 10.0. The van der Waals surface area contributed by atoms with Crippen molar-refractivity contribution < 1.29 is 0 Å². The van der Waals surface area contributed by atoms with Gasteiger partial charge in [-0.15, -0.1) is 0 Å². The van der Waals surface area contributed by atoms with Crippen molar-refractivity contribution in [3.8, 4) is 0 Å². The average molecular weight is 197 g/mol. The molecule has 0 aromatic carbocycles. The van der Waals surface area contributed by atoms with Crippen molar-refractivity contribution in [3.63, 3.8) is 0 Å². The van der Waals surface area contributed by atoms with Crippen molar-refractivity contribution in [1.29, 1.82) is 0 Å². The Hall–Kier alpha value is -0.330. The third kappa shape index (κ3) is 9.76. The van der Waals surface area contributed by atoms with Crippen LogP contribution in [0.4, 0.5) is 0 Å². The normalized spacial score (nSPS) is 12.5. The van der Waals surface area contributed by atoms with Crippen molar-refractivity contribution >= 4 is 5.71 Å². The molecule has 0 rings (SSSR count). The summed E-state index contributed by atoms with van der Waals surface area (Å²) in [5, 5.41) is 0. The van der Waals surface area contributed by atoms with Crippen LogP contribution in [0.2, 0.25) is 0 Å². The van der Waals surface area contributed by atoms with Gasteiger partial charge in [0.25, 0.3) is 0 Å². The van der Waals surface area contributed by atoms with Crippen LogP contribution in [0.5, 0.6) is 0 Å². The number of aliphatic imine (C=N–C) groups is 1.